The van der Waals surface area contributed by atoms with Crippen LogP contribution in [0.3, 0.4) is 0 Å². The lowest BCUT2D eigenvalue weighted by Gasteiger charge is -2.23. The first kappa shape index (κ1) is 21.5. The summed E-state index contributed by atoms with van der Waals surface area (Å²) in [7, 11) is 0.273. The van der Waals surface area contributed by atoms with E-state index in [0.29, 0.717) is 0 Å². The van der Waals surface area contributed by atoms with Gasteiger partial charge in [0.2, 0.25) is 0 Å². The second kappa shape index (κ2) is 8.94. The van der Waals surface area contributed by atoms with Crippen molar-refractivity contribution in [3.8, 4) is 11.5 Å². The summed E-state index contributed by atoms with van der Waals surface area (Å²) in [5.41, 5.74) is 1.12. The molecule has 2 aromatic carbocycles. The molecule has 0 bridgehead atoms. The molecule has 0 fully saturated rings. The Balaban J connectivity index is 2.60. The number of carbonyl (C=O) groups excluding carboxylic acids is 1. The summed E-state index contributed by atoms with van der Waals surface area (Å²) in [5.74, 6) is 0.0136. The van der Waals surface area contributed by atoms with Gasteiger partial charge >= 0.3 is 0 Å². The number of aliphatic hydroxyl groups excluding tert-OH is 1. The molecule has 0 saturated carbocycles. The Morgan fingerprint density at radius 2 is 1.68 bits per heavy atom. The monoisotopic (exact) mass is 408 g/mol. The molecule has 0 unspecified atom stereocenters. The van der Waals surface area contributed by atoms with Gasteiger partial charge in [0.1, 0.15) is 0 Å². The average Bonchev–Trinajstić information content (AvgIpc) is 2.70. The third-order valence-corrected chi connectivity index (χ3v) is 5.95. The van der Waals surface area contributed by atoms with E-state index in [1.54, 1.807) is 12.1 Å². The summed E-state index contributed by atoms with van der Waals surface area (Å²) in [6.45, 7) is 1.64. The Morgan fingerprint density at radius 1 is 1.11 bits per heavy atom. The molecule has 9 heteroatoms. The summed E-state index contributed by atoms with van der Waals surface area (Å²) in [6.07, 6.45) is 0. The minimum Gasteiger partial charge on any atom is -0.493 e. The normalized spacial score (nSPS) is 11.0. The molecular weight excluding hydrogens is 384 g/mol. The molecular formula is C19H24N2O6S. The van der Waals surface area contributed by atoms with Crippen LogP contribution in [0.2, 0.25) is 0 Å². The number of hydrogen-bond donors (Lipinski definition) is 2. The number of hydrogen-bond acceptors (Lipinski definition) is 6. The maximum Gasteiger partial charge on any atom is 0.264 e. The molecule has 0 aliphatic heterocycles. The van der Waals surface area contributed by atoms with Crippen LogP contribution in [0, 0.1) is 6.92 Å². The average molecular weight is 408 g/mol. The predicted molar refractivity (Wildman–Crippen MR) is 106 cm³/mol. The van der Waals surface area contributed by atoms with Gasteiger partial charge in [-0.25, -0.2) is 8.42 Å². The van der Waals surface area contributed by atoms with Crippen molar-refractivity contribution in [2.75, 3.05) is 38.7 Å². The molecule has 0 aromatic heterocycles. The van der Waals surface area contributed by atoms with Crippen LogP contribution in [-0.2, 0) is 10.0 Å². The standard InChI is InChI=1S/C19H24N2O6S/c1-13-5-7-14(8-6-13)28(24,25)21(2)16-12-18(27-4)17(26-3)11-15(16)19(23)20-9-10-22/h5-8,11-12,22H,9-10H2,1-4H3,(H,20,23). The van der Waals surface area contributed by atoms with Gasteiger partial charge < -0.3 is 19.9 Å². The molecule has 0 saturated heterocycles. The molecule has 2 rings (SSSR count). The number of aryl methyl sites for hydroxylation is 1. The number of aliphatic hydroxyl groups is 1. The Labute approximate surface area is 164 Å². The second-order valence-corrected chi connectivity index (χ2v) is 7.96. The Bertz CT molecular complexity index is 942. The fourth-order valence-corrected chi connectivity index (χ4v) is 3.78. The van der Waals surface area contributed by atoms with Crippen LogP contribution >= 0.6 is 0 Å². The molecule has 0 aliphatic carbocycles. The lowest BCUT2D eigenvalue weighted by Crippen LogP contribution is -2.32. The molecule has 0 aliphatic rings. The third-order valence-electron chi connectivity index (χ3n) is 4.16. The molecule has 0 radical (unpaired) electrons. The zero-order valence-electron chi connectivity index (χ0n) is 16.2. The van der Waals surface area contributed by atoms with Crippen LogP contribution < -0.4 is 19.1 Å². The lowest BCUT2D eigenvalue weighted by atomic mass is 10.1. The number of sulfonamides is 1. The van der Waals surface area contributed by atoms with E-state index in [1.807, 2.05) is 6.92 Å². The number of nitrogens with zero attached hydrogens (tertiary/aromatic N) is 1. The quantitative estimate of drug-likeness (QED) is 0.687. The minimum atomic E-state index is -3.92. The van der Waals surface area contributed by atoms with E-state index in [-0.39, 0.29) is 40.8 Å². The van der Waals surface area contributed by atoms with Gasteiger partial charge in [-0.3, -0.25) is 9.10 Å². The summed E-state index contributed by atoms with van der Waals surface area (Å²) in [6, 6.07) is 9.25. The number of carbonyl (C=O) groups is 1. The Morgan fingerprint density at radius 3 is 2.21 bits per heavy atom. The van der Waals surface area contributed by atoms with Crippen molar-refractivity contribution < 1.29 is 27.8 Å². The van der Waals surface area contributed by atoms with Gasteiger partial charge in [-0.05, 0) is 25.1 Å². The first-order chi connectivity index (χ1) is 13.3. The van der Waals surface area contributed by atoms with Crippen LogP contribution in [0.4, 0.5) is 5.69 Å². The summed E-state index contributed by atoms with van der Waals surface area (Å²) < 4.78 is 37.6. The van der Waals surface area contributed by atoms with Crippen molar-refractivity contribution in [1.29, 1.82) is 0 Å². The number of methoxy groups -OCH3 is 2. The van der Waals surface area contributed by atoms with Crippen molar-refractivity contribution in [3.63, 3.8) is 0 Å². The zero-order valence-corrected chi connectivity index (χ0v) is 17.0. The smallest absolute Gasteiger partial charge is 0.264 e. The van der Waals surface area contributed by atoms with Crippen LogP contribution in [-0.4, -0.2) is 53.9 Å². The van der Waals surface area contributed by atoms with E-state index in [2.05, 4.69) is 5.32 Å². The zero-order chi connectivity index (χ0) is 20.9. The van der Waals surface area contributed by atoms with Crippen LogP contribution in [0.5, 0.6) is 11.5 Å². The van der Waals surface area contributed by atoms with Crippen molar-refractivity contribution in [2.45, 2.75) is 11.8 Å². The SMILES string of the molecule is COc1cc(C(=O)NCCO)c(N(C)S(=O)(=O)c2ccc(C)cc2)cc1OC. The largest absolute Gasteiger partial charge is 0.493 e. The number of rotatable bonds is 8. The molecule has 8 nitrogen and oxygen atoms in total. The van der Waals surface area contributed by atoms with Crippen molar-refractivity contribution in [2.24, 2.45) is 0 Å². The van der Waals surface area contributed by atoms with E-state index >= 15 is 0 Å². The number of ether oxygens (including phenoxy) is 2. The molecule has 2 N–H and O–H groups in total. The number of anilines is 1. The summed E-state index contributed by atoms with van der Waals surface area (Å²) in [5, 5.41) is 11.5. The highest BCUT2D eigenvalue weighted by Crippen LogP contribution is 2.36. The van der Waals surface area contributed by atoms with Crippen molar-refractivity contribution >= 4 is 21.6 Å². The minimum absolute atomic E-state index is 0.0288. The van der Waals surface area contributed by atoms with Gasteiger partial charge in [0, 0.05) is 19.7 Å². The number of nitrogens with one attached hydrogen (secondary N) is 1. The molecule has 0 heterocycles. The molecule has 2 aromatic rings. The highest BCUT2D eigenvalue weighted by atomic mass is 32.2. The van der Waals surface area contributed by atoms with Gasteiger partial charge in [-0.1, -0.05) is 17.7 Å². The van der Waals surface area contributed by atoms with Crippen LogP contribution in [0.25, 0.3) is 0 Å². The first-order valence-electron chi connectivity index (χ1n) is 8.47. The number of benzene rings is 2. The van der Waals surface area contributed by atoms with Crippen LogP contribution in [0.15, 0.2) is 41.3 Å². The third kappa shape index (κ3) is 4.37. The van der Waals surface area contributed by atoms with Gasteiger partial charge in [-0.15, -0.1) is 0 Å². The predicted octanol–water partition coefficient (Wildman–Crippen LogP) is 1.56. The lowest BCUT2D eigenvalue weighted by molar-refractivity contribution is 0.0945. The Kier molecular flexibility index (Phi) is 6.87. The van der Waals surface area contributed by atoms with E-state index < -0.39 is 15.9 Å². The van der Waals surface area contributed by atoms with E-state index in [1.165, 1.54) is 45.5 Å². The van der Waals surface area contributed by atoms with Crippen LogP contribution in [0.1, 0.15) is 15.9 Å². The van der Waals surface area contributed by atoms with Gasteiger partial charge in [0.25, 0.3) is 15.9 Å². The fourth-order valence-electron chi connectivity index (χ4n) is 2.57. The maximum absolute atomic E-state index is 13.1. The molecule has 28 heavy (non-hydrogen) atoms. The fraction of sp³-hybridized carbons (Fsp3) is 0.316. The number of amides is 1. The van der Waals surface area contributed by atoms with E-state index in [4.69, 9.17) is 14.6 Å². The summed E-state index contributed by atoms with van der Waals surface area (Å²) >= 11 is 0. The first-order valence-corrected chi connectivity index (χ1v) is 9.91. The van der Waals surface area contributed by atoms with Crippen molar-refractivity contribution in [1.82, 2.24) is 5.32 Å². The van der Waals surface area contributed by atoms with E-state index in [9.17, 15) is 13.2 Å². The molecule has 0 spiro atoms. The highest BCUT2D eigenvalue weighted by Gasteiger charge is 2.27. The van der Waals surface area contributed by atoms with Gasteiger partial charge in [-0.2, -0.15) is 0 Å². The molecule has 0 atom stereocenters. The summed E-state index contributed by atoms with van der Waals surface area (Å²) in [4.78, 5) is 12.7. The molecule has 152 valence electrons. The highest BCUT2D eigenvalue weighted by molar-refractivity contribution is 7.92. The van der Waals surface area contributed by atoms with Gasteiger partial charge in [0.15, 0.2) is 11.5 Å². The molecule has 1 amide bonds. The second-order valence-electron chi connectivity index (χ2n) is 5.99. The van der Waals surface area contributed by atoms with Crippen molar-refractivity contribution in [3.05, 3.63) is 47.5 Å². The topological polar surface area (TPSA) is 105 Å². The van der Waals surface area contributed by atoms with E-state index in [0.717, 1.165) is 9.87 Å². The Hall–Kier alpha value is -2.78. The maximum atomic E-state index is 13.1. The van der Waals surface area contributed by atoms with Gasteiger partial charge in [0.05, 0.1) is 37.0 Å².